The number of carbonyl (C=O) groups is 2. The molecule has 236 valence electrons. The van der Waals surface area contributed by atoms with Gasteiger partial charge in [0.05, 0.1) is 77.3 Å². The summed E-state index contributed by atoms with van der Waals surface area (Å²) in [5.74, 6) is -0.406. The fourth-order valence-corrected chi connectivity index (χ4v) is 4.73. The largest absolute Gasteiger partial charge is 0.469 e. The van der Waals surface area contributed by atoms with Gasteiger partial charge < -0.3 is 34.5 Å². The summed E-state index contributed by atoms with van der Waals surface area (Å²) in [5, 5.41) is 0. The summed E-state index contributed by atoms with van der Waals surface area (Å²) >= 11 is 0. The van der Waals surface area contributed by atoms with E-state index in [0.29, 0.717) is 31.7 Å². The quantitative estimate of drug-likeness (QED) is 0.437. The predicted octanol–water partition coefficient (Wildman–Crippen LogP) is 3.90. The van der Waals surface area contributed by atoms with E-state index in [4.69, 9.17) is 19.9 Å². The molecule has 0 aliphatic carbocycles. The minimum atomic E-state index is -0.397. The van der Waals surface area contributed by atoms with Gasteiger partial charge >= 0.3 is 11.9 Å². The number of nitrogens with zero attached hydrogens (tertiary/aromatic N) is 4. The van der Waals surface area contributed by atoms with E-state index in [1.54, 1.807) is 6.20 Å². The lowest BCUT2D eigenvalue weighted by Crippen LogP contribution is -2.43. The van der Waals surface area contributed by atoms with Crippen molar-refractivity contribution in [1.29, 1.82) is 0 Å². The molecule has 11 nitrogen and oxygen atoms in total. The van der Waals surface area contributed by atoms with Crippen molar-refractivity contribution in [1.82, 2.24) is 9.97 Å². The Hall–Kier alpha value is -2.99. The minimum Gasteiger partial charge on any atom is -0.469 e. The van der Waals surface area contributed by atoms with Crippen LogP contribution in [0, 0.1) is 0 Å². The molecule has 0 aromatic carbocycles. The number of hydrogen-bond donors (Lipinski definition) is 1. The maximum absolute atomic E-state index is 11.4. The van der Waals surface area contributed by atoms with Gasteiger partial charge in [0, 0.05) is 43.6 Å². The second-order valence-corrected chi connectivity index (χ2v) is 10.3. The van der Waals surface area contributed by atoms with Gasteiger partial charge in [-0.25, -0.2) is 0 Å². The molecule has 42 heavy (non-hydrogen) atoms. The van der Waals surface area contributed by atoms with Gasteiger partial charge in [-0.15, -0.1) is 12.4 Å². The number of rotatable bonds is 8. The molecule has 0 amide bonds. The first-order valence-corrected chi connectivity index (χ1v) is 13.7. The number of anilines is 2. The van der Waals surface area contributed by atoms with Crippen LogP contribution in [0.4, 0.5) is 11.4 Å². The van der Waals surface area contributed by atoms with Crippen LogP contribution in [0.1, 0.15) is 64.1 Å². The Morgan fingerprint density at radius 3 is 1.81 bits per heavy atom. The zero-order valence-corrected chi connectivity index (χ0v) is 25.5. The lowest BCUT2D eigenvalue weighted by Gasteiger charge is -2.35. The topological polar surface area (TPSA) is 129 Å². The van der Waals surface area contributed by atoms with Crippen molar-refractivity contribution in [3.05, 3.63) is 48.0 Å². The van der Waals surface area contributed by atoms with Gasteiger partial charge in [-0.3, -0.25) is 19.6 Å². The van der Waals surface area contributed by atoms with E-state index in [0.717, 1.165) is 48.8 Å². The first-order valence-electron chi connectivity index (χ1n) is 13.7. The number of esters is 2. The number of aromatic nitrogens is 2. The van der Waals surface area contributed by atoms with Crippen molar-refractivity contribution < 1.29 is 28.5 Å². The normalized spacial score (nSPS) is 19.6. The second-order valence-electron chi connectivity index (χ2n) is 10.3. The van der Waals surface area contributed by atoms with Gasteiger partial charge in [0.1, 0.15) is 0 Å². The van der Waals surface area contributed by atoms with Gasteiger partial charge in [0.2, 0.25) is 0 Å². The van der Waals surface area contributed by atoms with Gasteiger partial charge in [-0.2, -0.15) is 0 Å². The van der Waals surface area contributed by atoms with E-state index in [2.05, 4.69) is 44.4 Å². The maximum Gasteiger partial charge on any atom is 0.307 e. The molecule has 2 N–H and O–H groups in total. The Balaban J connectivity index is 0.000000401. The van der Waals surface area contributed by atoms with Crippen LogP contribution in [0.25, 0.3) is 0 Å². The Kier molecular flexibility index (Phi) is 16.3. The average molecular weight is 610 g/mol. The molecule has 2 saturated heterocycles. The molecule has 2 unspecified atom stereocenters. The van der Waals surface area contributed by atoms with Crippen LogP contribution in [0.3, 0.4) is 0 Å². The van der Waals surface area contributed by atoms with Crippen molar-refractivity contribution in [3.8, 4) is 0 Å². The Bertz CT molecular complexity index is 1020. The highest BCUT2D eigenvalue weighted by atomic mass is 35.5. The first-order chi connectivity index (χ1) is 19.2. The van der Waals surface area contributed by atoms with Crippen molar-refractivity contribution in [2.75, 3.05) is 63.5 Å². The van der Waals surface area contributed by atoms with Crippen LogP contribution < -0.4 is 15.5 Å². The molecular formula is C30H48ClN5O6. The molecule has 4 atom stereocenters. The Labute approximate surface area is 256 Å². The van der Waals surface area contributed by atoms with Crippen LogP contribution in [-0.2, 0) is 28.5 Å². The summed E-state index contributed by atoms with van der Waals surface area (Å²) in [7, 11) is 2.78. The first kappa shape index (κ1) is 37.0. The van der Waals surface area contributed by atoms with E-state index in [9.17, 15) is 9.59 Å². The molecular weight excluding hydrogens is 562 g/mol. The fraction of sp³-hybridized carbons (Fsp3) is 0.600. The van der Waals surface area contributed by atoms with Gasteiger partial charge in [-0.1, -0.05) is 14.4 Å². The van der Waals surface area contributed by atoms with Crippen LogP contribution >= 0.6 is 12.4 Å². The van der Waals surface area contributed by atoms with E-state index in [1.165, 1.54) is 14.2 Å². The summed E-state index contributed by atoms with van der Waals surface area (Å²) < 4.78 is 20.2. The zero-order valence-electron chi connectivity index (χ0n) is 24.7. The smallest absolute Gasteiger partial charge is 0.307 e. The van der Waals surface area contributed by atoms with E-state index < -0.39 is 6.04 Å². The third kappa shape index (κ3) is 10.7. The molecule has 2 aliphatic rings. The SMILES string of the molecule is C.COC(=O)CC(C)c1cncc(N2CCOC[C@@H]2C)c1.COC(=O)CC(N)c1cncc(N2CCOC[C@@H]2C)c1.Cl. The molecule has 4 heterocycles. The molecule has 0 spiro atoms. The number of pyridine rings is 2. The lowest BCUT2D eigenvalue weighted by molar-refractivity contribution is -0.141. The number of morpholine rings is 2. The number of methoxy groups -OCH3 is 2. The summed E-state index contributed by atoms with van der Waals surface area (Å²) in [4.78, 5) is 35.7. The summed E-state index contributed by atoms with van der Waals surface area (Å²) in [6.45, 7) is 10.9. The average Bonchev–Trinajstić information content (AvgIpc) is 2.98. The van der Waals surface area contributed by atoms with Crippen molar-refractivity contribution in [2.45, 2.75) is 65.1 Å². The van der Waals surface area contributed by atoms with Crippen molar-refractivity contribution in [3.63, 3.8) is 0 Å². The third-order valence-corrected chi connectivity index (χ3v) is 7.20. The number of carbonyl (C=O) groups excluding carboxylic acids is 2. The van der Waals surface area contributed by atoms with Gasteiger partial charge in [-0.05, 0) is 43.0 Å². The standard InChI is InChI=1S/C15H22N2O3.C14H21N3O3.CH4.ClH/c1-11(6-15(18)19-3)13-7-14(9-16-8-13)17-4-5-20-10-12(17)2;1-10-9-20-4-3-17(10)12-5-11(7-16-8-12)13(15)6-14(18)19-2;;/h7-9,11-12H,4-6,10H2,1-3H3;5,7-8,10,13H,3-4,6,9,15H2,1-2H3;1H4;1H/t11?,12-;10-,13?;;/m00../s1. The summed E-state index contributed by atoms with van der Waals surface area (Å²) in [6.07, 6.45) is 7.73. The van der Waals surface area contributed by atoms with E-state index in [-0.39, 0.29) is 44.1 Å². The highest BCUT2D eigenvalue weighted by Crippen LogP contribution is 2.26. The molecule has 2 fully saturated rings. The van der Waals surface area contributed by atoms with Crippen LogP contribution in [0.5, 0.6) is 0 Å². The molecule has 0 bridgehead atoms. The zero-order chi connectivity index (χ0) is 29.1. The number of hydrogen-bond acceptors (Lipinski definition) is 11. The predicted molar refractivity (Wildman–Crippen MR) is 166 cm³/mol. The molecule has 0 saturated carbocycles. The fourth-order valence-electron chi connectivity index (χ4n) is 4.73. The number of nitrogens with two attached hydrogens (primary N) is 1. The van der Waals surface area contributed by atoms with Crippen LogP contribution in [0.2, 0.25) is 0 Å². The highest BCUT2D eigenvalue weighted by Gasteiger charge is 2.22. The molecule has 0 radical (unpaired) electrons. The molecule has 2 aliphatic heterocycles. The summed E-state index contributed by atoms with van der Waals surface area (Å²) in [6, 6.07) is 4.35. The molecule has 2 aromatic rings. The van der Waals surface area contributed by atoms with E-state index >= 15 is 0 Å². The number of ether oxygens (including phenoxy) is 4. The lowest BCUT2D eigenvalue weighted by atomic mass is 9.99. The molecule has 4 rings (SSSR count). The van der Waals surface area contributed by atoms with Crippen molar-refractivity contribution in [2.24, 2.45) is 5.73 Å². The summed E-state index contributed by atoms with van der Waals surface area (Å²) in [5.41, 5.74) is 10.0. The van der Waals surface area contributed by atoms with Crippen LogP contribution in [0.15, 0.2) is 36.9 Å². The number of halogens is 1. The van der Waals surface area contributed by atoms with Crippen LogP contribution in [-0.4, -0.2) is 87.7 Å². The maximum atomic E-state index is 11.4. The Morgan fingerprint density at radius 2 is 1.33 bits per heavy atom. The Morgan fingerprint density at radius 1 is 0.881 bits per heavy atom. The monoisotopic (exact) mass is 609 g/mol. The van der Waals surface area contributed by atoms with Gasteiger partial charge in [0.15, 0.2) is 0 Å². The molecule has 2 aromatic heterocycles. The molecule has 12 heteroatoms. The van der Waals surface area contributed by atoms with E-state index in [1.807, 2.05) is 31.6 Å². The second kappa shape index (κ2) is 18.5. The minimum absolute atomic E-state index is 0. The highest BCUT2D eigenvalue weighted by molar-refractivity contribution is 5.85. The third-order valence-electron chi connectivity index (χ3n) is 7.20. The van der Waals surface area contributed by atoms with Crippen molar-refractivity contribution >= 4 is 35.7 Å². The van der Waals surface area contributed by atoms with Gasteiger partial charge in [0.25, 0.3) is 0 Å².